The fourth-order valence-corrected chi connectivity index (χ4v) is 1.64. The van der Waals surface area contributed by atoms with E-state index in [2.05, 4.69) is 6.92 Å². The number of methoxy groups -OCH3 is 1. The second-order valence-corrected chi connectivity index (χ2v) is 5.47. The first-order valence-electron chi connectivity index (χ1n) is 7.93. The van der Waals surface area contributed by atoms with Crippen LogP contribution in [0.4, 0.5) is 0 Å². The van der Waals surface area contributed by atoms with Crippen molar-refractivity contribution >= 4 is 0 Å². The molecule has 122 valence electrons. The van der Waals surface area contributed by atoms with Gasteiger partial charge in [0.05, 0.1) is 38.1 Å². The van der Waals surface area contributed by atoms with Gasteiger partial charge in [0.25, 0.3) is 0 Å². The highest BCUT2D eigenvalue weighted by molar-refractivity contribution is 4.54. The zero-order chi connectivity index (χ0) is 15.2. The van der Waals surface area contributed by atoms with Gasteiger partial charge in [-0.05, 0) is 27.2 Å². The molecule has 0 aromatic carbocycles. The smallest absolute Gasteiger partial charge is 0.0781 e. The highest BCUT2D eigenvalue weighted by Gasteiger charge is 2.09. The Balaban J connectivity index is 3.40. The molecule has 0 saturated carbocycles. The van der Waals surface area contributed by atoms with Gasteiger partial charge in [-0.25, -0.2) is 0 Å². The molecule has 3 unspecified atom stereocenters. The third kappa shape index (κ3) is 12.9. The van der Waals surface area contributed by atoms with E-state index >= 15 is 0 Å². The van der Waals surface area contributed by atoms with Crippen LogP contribution >= 0.6 is 0 Å². The maximum absolute atomic E-state index is 5.71. The van der Waals surface area contributed by atoms with Crippen LogP contribution in [0.25, 0.3) is 0 Å². The molecule has 0 aliphatic rings. The van der Waals surface area contributed by atoms with Crippen molar-refractivity contribution in [3.05, 3.63) is 0 Å². The van der Waals surface area contributed by atoms with Crippen LogP contribution in [-0.4, -0.2) is 51.8 Å². The zero-order valence-corrected chi connectivity index (χ0v) is 14.0. The first-order chi connectivity index (χ1) is 9.60. The lowest BCUT2D eigenvalue weighted by atomic mass is 10.2. The van der Waals surface area contributed by atoms with Gasteiger partial charge in [0, 0.05) is 13.7 Å². The molecule has 0 aromatic heterocycles. The molecule has 0 fully saturated rings. The number of ether oxygens (including phenoxy) is 4. The molecular weight excluding hydrogens is 256 g/mol. The maximum Gasteiger partial charge on any atom is 0.0781 e. The SMILES string of the molecule is CCCCCCOCC(C)OCC(C)OCC(C)OC. The molecule has 0 rings (SSSR count). The lowest BCUT2D eigenvalue weighted by Gasteiger charge is -2.19. The average molecular weight is 290 g/mol. The van der Waals surface area contributed by atoms with Crippen molar-refractivity contribution in [2.75, 3.05) is 33.5 Å². The molecule has 0 radical (unpaired) electrons. The van der Waals surface area contributed by atoms with E-state index in [0.717, 1.165) is 13.0 Å². The van der Waals surface area contributed by atoms with Gasteiger partial charge in [0.1, 0.15) is 0 Å². The molecule has 0 aliphatic heterocycles. The van der Waals surface area contributed by atoms with Crippen molar-refractivity contribution in [2.45, 2.75) is 71.7 Å². The van der Waals surface area contributed by atoms with Crippen molar-refractivity contribution in [1.82, 2.24) is 0 Å². The highest BCUT2D eigenvalue weighted by Crippen LogP contribution is 2.02. The molecule has 20 heavy (non-hydrogen) atoms. The van der Waals surface area contributed by atoms with Crippen LogP contribution in [-0.2, 0) is 18.9 Å². The van der Waals surface area contributed by atoms with Crippen molar-refractivity contribution in [3.8, 4) is 0 Å². The second kappa shape index (κ2) is 13.8. The topological polar surface area (TPSA) is 36.9 Å². The molecule has 0 amide bonds. The van der Waals surface area contributed by atoms with Gasteiger partial charge in [0.15, 0.2) is 0 Å². The molecule has 3 atom stereocenters. The summed E-state index contributed by atoms with van der Waals surface area (Å²) in [7, 11) is 1.69. The lowest BCUT2D eigenvalue weighted by molar-refractivity contribution is -0.0746. The summed E-state index contributed by atoms with van der Waals surface area (Å²) in [6.07, 6.45) is 5.29. The Labute approximate surface area is 125 Å². The Morgan fingerprint density at radius 1 is 0.750 bits per heavy atom. The third-order valence-corrected chi connectivity index (χ3v) is 3.13. The summed E-state index contributed by atoms with van der Waals surface area (Å²) in [4.78, 5) is 0. The molecular formula is C16H34O4. The lowest BCUT2D eigenvalue weighted by Crippen LogP contribution is -2.26. The van der Waals surface area contributed by atoms with E-state index in [1.165, 1.54) is 19.3 Å². The van der Waals surface area contributed by atoms with E-state index in [0.29, 0.717) is 19.8 Å². The highest BCUT2D eigenvalue weighted by atomic mass is 16.6. The molecule has 4 nitrogen and oxygen atoms in total. The Bertz CT molecular complexity index is 199. The van der Waals surface area contributed by atoms with E-state index in [-0.39, 0.29) is 18.3 Å². The first-order valence-corrected chi connectivity index (χ1v) is 7.93. The predicted molar refractivity (Wildman–Crippen MR) is 82.3 cm³/mol. The standard InChI is InChI=1S/C16H34O4/c1-6-7-8-9-10-18-11-15(3)20-13-16(4)19-12-14(2)17-5/h14-16H,6-13H2,1-5H3. The molecule has 0 bridgehead atoms. The van der Waals surface area contributed by atoms with Gasteiger partial charge < -0.3 is 18.9 Å². The van der Waals surface area contributed by atoms with Gasteiger partial charge >= 0.3 is 0 Å². The van der Waals surface area contributed by atoms with Crippen molar-refractivity contribution in [1.29, 1.82) is 0 Å². The van der Waals surface area contributed by atoms with Gasteiger partial charge in [-0.1, -0.05) is 26.2 Å². The maximum atomic E-state index is 5.71. The average Bonchev–Trinajstić information content (AvgIpc) is 2.46. The van der Waals surface area contributed by atoms with E-state index in [1.807, 2.05) is 20.8 Å². The summed E-state index contributed by atoms with van der Waals surface area (Å²) in [6, 6.07) is 0. The third-order valence-electron chi connectivity index (χ3n) is 3.13. The minimum atomic E-state index is 0.0830. The van der Waals surface area contributed by atoms with Crippen molar-refractivity contribution in [3.63, 3.8) is 0 Å². The number of hydrogen-bond donors (Lipinski definition) is 0. The van der Waals surface area contributed by atoms with Gasteiger partial charge in [0.2, 0.25) is 0 Å². The minimum Gasteiger partial charge on any atom is -0.379 e. The summed E-state index contributed by atoms with van der Waals surface area (Å²) in [6.45, 7) is 11.0. The van der Waals surface area contributed by atoms with Crippen LogP contribution in [0.1, 0.15) is 53.4 Å². The summed E-state index contributed by atoms with van der Waals surface area (Å²) in [5.74, 6) is 0. The van der Waals surface area contributed by atoms with E-state index in [4.69, 9.17) is 18.9 Å². The van der Waals surface area contributed by atoms with E-state index in [9.17, 15) is 0 Å². The second-order valence-electron chi connectivity index (χ2n) is 5.47. The van der Waals surface area contributed by atoms with Gasteiger partial charge in [-0.2, -0.15) is 0 Å². The largest absolute Gasteiger partial charge is 0.379 e. The normalized spacial score (nSPS) is 16.1. The summed E-state index contributed by atoms with van der Waals surface area (Å²) in [5.41, 5.74) is 0. The monoisotopic (exact) mass is 290 g/mol. The Kier molecular flexibility index (Phi) is 13.7. The molecule has 0 saturated heterocycles. The van der Waals surface area contributed by atoms with Crippen LogP contribution in [0.15, 0.2) is 0 Å². The fourth-order valence-electron chi connectivity index (χ4n) is 1.64. The molecule has 0 heterocycles. The number of hydrogen-bond acceptors (Lipinski definition) is 4. The van der Waals surface area contributed by atoms with Crippen LogP contribution in [0.3, 0.4) is 0 Å². The summed E-state index contributed by atoms with van der Waals surface area (Å²) >= 11 is 0. The van der Waals surface area contributed by atoms with Gasteiger partial charge in [-0.3, -0.25) is 0 Å². The van der Waals surface area contributed by atoms with Crippen molar-refractivity contribution < 1.29 is 18.9 Å². The van der Waals surface area contributed by atoms with E-state index in [1.54, 1.807) is 7.11 Å². The fraction of sp³-hybridized carbons (Fsp3) is 1.00. The van der Waals surface area contributed by atoms with Crippen LogP contribution in [0, 0.1) is 0 Å². The van der Waals surface area contributed by atoms with Gasteiger partial charge in [-0.15, -0.1) is 0 Å². The molecule has 4 heteroatoms. The van der Waals surface area contributed by atoms with Crippen LogP contribution < -0.4 is 0 Å². The molecule has 0 aromatic rings. The Hall–Kier alpha value is -0.160. The quantitative estimate of drug-likeness (QED) is 0.459. The van der Waals surface area contributed by atoms with E-state index < -0.39 is 0 Å². The van der Waals surface area contributed by atoms with Crippen LogP contribution in [0.5, 0.6) is 0 Å². The Morgan fingerprint density at radius 2 is 1.35 bits per heavy atom. The summed E-state index contributed by atoms with van der Waals surface area (Å²) in [5, 5.41) is 0. The number of unbranched alkanes of at least 4 members (excludes halogenated alkanes) is 3. The Morgan fingerprint density at radius 3 is 1.95 bits per heavy atom. The van der Waals surface area contributed by atoms with Crippen molar-refractivity contribution in [2.24, 2.45) is 0 Å². The number of rotatable bonds is 14. The molecule has 0 spiro atoms. The van der Waals surface area contributed by atoms with Crippen LogP contribution in [0.2, 0.25) is 0 Å². The summed E-state index contributed by atoms with van der Waals surface area (Å²) < 4.78 is 22.1. The minimum absolute atomic E-state index is 0.0830. The molecule has 0 aliphatic carbocycles. The zero-order valence-electron chi connectivity index (χ0n) is 14.0. The molecule has 0 N–H and O–H groups in total. The predicted octanol–water partition coefficient (Wildman–Crippen LogP) is 3.43. The first kappa shape index (κ1) is 19.8.